The van der Waals surface area contributed by atoms with Crippen LogP contribution >= 0.6 is 0 Å². The van der Waals surface area contributed by atoms with Crippen LogP contribution < -0.4 is 5.32 Å². The molecule has 1 atom stereocenters. The lowest BCUT2D eigenvalue weighted by Crippen LogP contribution is -2.40. The van der Waals surface area contributed by atoms with Crippen LogP contribution in [0, 0.1) is 0 Å². The minimum Gasteiger partial charge on any atom is -0.480 e. The highest BCUT2D eigenvalue weighted by atomic mass is 16.4. The fraction of sp³-hybridized carbons (Fsp3) is 0.143. The molecule has 0 aromatic heterocycles. The lowest BCUT2D eigenvalue weighted by atomic mass is 9.96. The Balaban J connectivity index is 2.10. The Morgan fingerprint density at radius 2 is 1.60 bits per heavy atom. The predicted octanol–water partition coefficient (Wildman–Crippen LogP) is 4.14. The summed E-state index contributed by atoms with van der Waals surface area (Å²) in [4.78, 5) is 24.4. The maximum atomic E-state index is 13.0. The minimum absolute atomic E-state index is 0.313. The molecule has 4 nitrogen and oxygen atoms in total. The van der Waals surface area contributed by atoms with Crippen LogP contribution in [0.1, 0.15) is 23.2 Å². The summed E-state index contributed by atoms with van der Waals surface area (Å²) in [7, 11) is 0. The first-order valence-electron chi connectivity index (χ1n) is 8.17. The predicted molar refractivity (Wildman–Crippen MR) is 99.8 cm³/mol. The SMILES string of the molecule is C=CCC[C@H](NC(=O)c1c2ccccc2cc2ccccc12)C(=O)O. The van der Waals surface area contributed by atoms with Crippen LogP contribution in [0.5, 0.6) is 0 Å². The quantitative estimate of drug-likeness (QED) is 0.526. The van der Waals surface area contributed by atoms with Crippen LogP contribution in [0.25, 0.3) is 21.5 Å². The number of hydrogen-bond donors (Lipinski definition) is 2. The fourth-order valence-electron chi connectivity index (χ4n) is 3.03. The number of carbonyl (C=O) groups excluding carboxylic acids is 1. The van der Waals surface area contributed by atoms with Crippen molar-refractivity contribution >= 4 is 33.4 Å². The summed E-state index contributed by atoms with van der Waals surface area (Å²) in [6.45, 7) is 3.61. The van der Waals surface area contributed by atoms with Crippen LogP contribution in [-0.4, -0.2) is 23.0 Å². The van der Waals surface area contributed by atoms with Crippen molar-refractivity contribution in [1.29, 1.82) is 0 Å². The maximum Gasteiger partial charge on any atom is 0.326 e. The van der Waals surface area contributed by atoms with Crippen LogP contribution in [0.4, 0.5) is 0 Å². The number of benzene rings is 3. The van der Waals surface area contributed by atoms with E-state index in [1.807, 2.05) is 54.6 Å². The number of rotatable bonds is 6. The zero-order chi connectivity index (χ0) is 17.8. The number of nitrogens with one attached hydrogen (secondary N) is 1. The number of carbonyl (C=O) groups is 2. The molecule has 0 unspecified atom stereocenters. The molecule has 0 aliphatic rings. The summed E-state index contributed by atoms with van der Waals surface area (Å²) in [5.41, 5.74) is 0.513. The standard InChI is InChI=1S/C21H19NO3/c1-2-3-12-18(21(24)25)22-20(23)19-16-10-6-4-8-14(16)13-15-9-5-7-11-17(15)19/h2,4-11,13,18H,1,3,12H2,(H,22,23)(H,24,25)/t18-/m0/s1. The Morgan fingerprint density at radius 1 is 1.04 bits per heavy atom. The molecule has 0 radical (unpaired) electrons. The van der Waals surface area contributed by atoms with Gasteiger partial charge in [0.1, 0.15) is 6.04 Å². The summed E-state index contributed by atoms with van der Waals surface area (Å²) in [5.74, 6) is -1.41. The normalized spacial score (nSPS) is 12.0. The first-order chi connectivity index (χ1) is 12.1. The summed E-state index contributed by atoms with van der Waals surface area (Å²) in [6, 6.07) is 16.4. The van der Waals surface area contributed by atoms with Crippen LogP contribution in [0.3, 0.4) is 0 Å². The second-order valence-electron chi connectivity index (χ2n) is 5.92. The van der Waals surface area contributed by atoms with Gasteiger partial charge in [0.2, 0.25) is 0 Å². The number of carboxylic acids is 1. The Labute approximate surface area is 145 Å². The smallest absolute Gasteiger partial charge is 0.326 e. The molecular weight excluding hydrogens is 314 g/mol. The van der Waals surface area contributed by atoms with Gasteiger partial charge in [-0.1, -0.05) is 54.6 Å². The number of carboxylic acid groups (broad SMARTS) is 1. The van der Waals surface area contributed by atoms with E-state index in [1.54, 1.807) is 6.08 Å². The van der Waals surface area contributed by atoms with Crippen molar-refractivity contribution < 1.29 is 14.7 Å². The average molecular weight is 333 g/mol. The van der Waals surface area contributed by atoms with Gasteiger partial charge in [0.25, 0.3) is 5.91 Å². The molecule has 1 amide bonds. The Morgan fingerprint density at radius 3 is 2.12 bits per heavy atom. The second-order valence-corrected chi connectivity index (χ2v) is 5.92. The third-order valence-corrected chi connectivity index (χ3v) is 4.26. The molecule has 0 aliphatic carbocycles. The first kappa shape index (κ1) is 16.7. The van der Waals surface area contributed by atoms with Crippen molar-refractivity contribution in [2.45, 2.75) is 18.9 Å². The summed E-state index contributed by atoms with van der Waals surface area (Å²) < 4.78 is 0. The van der Waals surface area contributed by atoms with Gasteiger partial charge in [0, 0.05) is 0 Å². The van der Waals surface area contributed by atoms with Gasteiger partial charge >= 0.3 is 5.97 Å². The highest BCUT2D eigenvalue weighted by Crippen LogP contribution is 2.28. The topological polar surface area (TPSA) is 66.4 Å². The first-order valence-corrected chi connectivity index (χ1v) is 8.17. The van der Waals surface area contributed by atoms with E-state index < -0.39 is 12.0 Å². The van der Waals surface area contributed by atoms with E-state index >= 15 is 0 Å². The number of aliphatic carboxylic acids is 1. The molecule has 4 heteroatoms. The maximum absolute atomic E-state index is 13.0. The average Bonchev–Trinajstić information content (AvgIpc) is 2.62. The summed E-state index contributed by atoms with van der Waals surface area (Å²) in [5, 5.41) is 15.6. The van der Waals surface area contributed by atoms with E-state index in [0.717, 1.165) is 21.5 Å². The van der Waals surface area contributed by atoms with Crippen molar-refractivity contribution in [2.75, 3.05) is 0 Å². The fourth-order valence-corrected chi connectivity index (χ4v) is 3.03. The van der Waals surface area contributed by atoms with Gasteiger partial charge in [-0.05, 0) is 40.5 Å². The van der Waals surface area contributed by atoms with Gasteiger partial charge in [-0.2, -0.15) is 0 Å². The second kappa shape index (κ2) is 7.18. The Bertz CT molecular complexity index is 908. The molecule has 0 saturated heterocycles. The molecule has 0 fully saturated rings. The molecule has 126 valence electrons. The number of amides is 1. The zero-order valence-corrected chi connectivity index (χ0v) is 13.7. The Kier molecular flexibility index (Phi) is 4.80. The van der Waals surface area contributed by atoms with E-state index in [9.17, 15) is 14.7 Å². The Hall–Kier alpha value is -3.14. The molecule has 0 aliphatic heterocycles. The number of fused-ring (bicyclic) bond motifs is 2. The van der Waals surface area contributed by atoms with Gasteiger partial charge in [-0.25, -0.2) is 4.79 Å². The van der Waals surface area contributed by atoms with E-state index in [4.69, 9.17) is 0 Å². The molecule has 0 bridgehead atoms. The molecule has 25 heavy (non-hydrogen) atoms. The molecule has 3 aromatic rings. The lowest BCUT2D eigenvalue weighted by Gasteiger charge is -2.16. The summed E-state index contributed by atoms with van der Waals surface area (Å²) >= 11 is 0. The molecule has 0 saturated carbocycles. The largest absolute Gasteiger partial charge is 0.480 e. The number of allylic oxidation sites excluding steroid dienone is 1. The monoisotopic (exact) mass is 333 g/mol. The van der Waals surface area contributed by atoms with Crippen molar-refractivity contribution in [3.63, 3.8) is 0 Å². The number of hydrogen-bond acceptors (Lipinski definition) is 2. The summed E-state index contributed by atoms with van der Waals surface area (Å²) in [6.07, 6.45) is 2.48. The van der Waals surface area contributed by atoms with E-state index in [0.29, 0.717) is 18.4 Å². The molecule has 3 aromatic carbocycles. The van der Waals surface area contributed by atoms with Crippen molar-refractivity contribution in [3.8, 4) is 0 Å². The highest BCUT2D eigenvalue weighted by Gasteiger charge is 2.22. The van der Waals surface area contributed by atoms with Gasteiger partial charge in [0.15, 0.2) is 0 Å². The van der Waals surface area contributed by atoms with Gasteiger partial charge < -0.3 is 10.4 Å². The van der Waals surface area contributed by atoms with E-state index in [1.165, 1.54) is 0 Å². The molecule has 3 rings (SSSR count). The molecular formula is C21H19NO3. The van der Waals surface area contributed by atoms with Crippen molar-refractivity contribution in [2.24, 2.45) is 0 Å². The highest BCUT2D eigenvalue weighted by molar-refractivity contribution is 6.18. The van der Waals surface area contributed by atoms with Crippen molar-refractivity contribution in [3.05, 3.63) is 72.8 Å². The van der Waals surface area contributed by atoms with Crippen LogP contribution in [0.15, 0.2) is 67.3 Å². The zero-order valence-electron chi connectivity index (χ0n) is 13.7. The molecule has 2 N–H and O–H groups in total. The van der Waals surface area contributed by atoms with Gasteiger partial charge in [-0.3, -0.25) is 4.79 Å². The third kappa shape index (κ3) is 3.38. The lowest BCUT2D eigenvalue weighted by molar-refractivity contribution is -0.139. The van der Waals surface area contributed by atoms with E-state index in [-0.39, 0.29) is 5.91 Å². The van der Waals surface area contributed by atoms with E-state index in [2.05, 4.69) is 11.9 Å². The van der Waals surface area contributed by atoms with Gasteiger partial charge in [-0.15, -0.1) is 6.58 Å². The third-order valence-electron chi connectivity index (χ3n) is 4.26. The molecule has 0 spiro atoms. The van der Waals surface area contributed by atoms with Crippen LogP contribution in [-0.2, 0) is 4.79 Å². The van der Waals surface area contributed by atoms with Crippen LogP contribution in [0.2, 0.25) is 0 Å². The van der Waals surface area contributed by atoms with Gasteiger partial charge in [0.05, 0.1) is 5.56 Å². The minimum atomic E-state index is -1.04. The van der Waals surface area contributed by atoms with Crippen molar-refractivity contribution in [1.82, 2.24) is 5.32 Å². The molecule has 0 heterocycles.